The van der Waals surface area contributed by atoms with Crippen LogP contribution < -0.4 is 15.6 Å². The van der Waals surface area contributed by atoms with Gasteiger partial charge in [-0.1, -0.05) is 30.3 Å². The molecule has 0 aliphatic carbocycles. The molecule has 2 amide bonds. The van der Waals surface area contributed by atoms with E-state index < -0.39 is 5.91 Å². The molecule has 98 valence electrons. The minimum absolute atomic E-state index is 0.154. The Kier molecular flexibility index (Phi) is 3.97. The SMILES string of the molecule is CC(=O)NNC(=O)COc1ccc2ccccc2c1. The first kappa shape index (κ1) is 12.9. The van der Waals surface area contributed by atoms with Crippen molar-refractivity contribution in [3.05, 3.63) is 42.5 Å². The van der Waals surface area contributed by atoms with Crippen molar-refractivity contribution in [3.8, 4) is 5.75 Å². The van der Waals surface area contributed by atoms with Crippen LogP contribution in [-0.4, -0.2) is 18.4 Å². The Morgan fingerprint density at radius 3 is 2.53 bits per heavy atom. The first-order valence-corrected chi connectivity index (χ1v) is 5.82. The molecule has 0 fully saturated rings. The van der Waals surface area contributed by atoms with Crippen LogP contribution in [0.3, 0.4) is 0 Å². The van der Waals surface area contributed by atoms with Crippen LogP contribution in [0.2, 0.25) is 0 Å². The zero-order valence-electron chi connectivity index (χ0n) is 10.5. The molecule has 0 aliphatic heterocycles. The van der Waals surface area contributed by atoms with Gasteiger partial charge in [0, 0.05) is 6.92 Å². The number of hydrogen-bond acceptors (Lipinski definition) is 3. The summed E-state index contributed by atoms with van der Waals surface area (Å²) >= 11 is 0. The van der Waals surface area contributed by atoms with Crippen molar-refractivity contribution in [1.29, 1.82) is 0 Å². The fourth-order valence-electron chi connectivity index (χ4n) is 1.60. The lowest BCUT2D eigenvalue weighted by Gasteiger charge is -2.08. The molecule has 19 heavy (non-hydrogen) atoms. The molecule has 0 saturated carbocycles. The summed E-state index contributed by atoms with van der Waals surface area (Å²) in [7, 11) is 0. The molecule has 2 aromatic carbocycles. The Bertz CT molecular complexity index is 610. The number of amides is 2. The molecule has 0 aliphatic rings. The van der Waals surface area contributed by atoms with Gasteiger partial charge in [0.15, 0.2) is 6.61 Å². The summed E-state index contributed by atoms with van der Waals surface area (Å²) in [6.45, 7) is 1.16. The summed E-state index contributed by atoms with van der Waals surface area (Å²) in [5, 5.41) is 2.15. The zero-order valence-corrected chi connectivity index (χ0v) is 10.5. The van der Waals surface area contributed by atoms with Gasteiger partial charge >= 0.3 is 0 Å². The van der Waals surface area contributed by atoms with E-state index in [4.69, 9.17) is 4.74 Å². The predicted molar refractivity (Wildman–Crippen MR) is 71.4 cm³/mol. The second-order valence-corrected chi connectivity index (χ2v) is 4.03. The summed E-state index contributed by atoms with van der Waals surface area (Å²) in [6, 6.07) is 13.5. The minimum Gasteiger partial charge on any atom is -0.484 e. The molecule has 2 N–H and O–H groups in total. The lowest BCUT2D eigenvalue weighted by atomic mass is 10.1. The topological polar surface area (TPSA) is 67.4 Å². The van der Waals surface area contributed by atoms with Crippen LogP contribution >= 0.6 is 0 Å². The van der Waals surface area contributed by atoms with Gasteiger partial charge < -0.3 is 4.74 Å². The summed E-state index contributed by atoms with van der Waals surface area (Å²) in [6.07, 6.45) is 0. The van der Waals surface area contributed by atoms with Crippen LogP contribution in [0.25, 0.3) is 10.8 Å². The lowest BCUT2D eigenvalue weighted by molar-refractivity contribution is -0.129. The molecule has 0 unspecified atom stereocenters. The maximum atomic E-state index is 11.3. The molecule has 0 bridgehead atoms. The standard InChI is InChI=1S/C14H14N2O3/c1-10(17)15-16-14(18)9-19-13-7-6-11-4-2-3-5-12(11)8-13/h2-8H,9H2,1H3,(H,15,17)(H,16,18). The quantitative estimate of drug-likeness (QED) is 0.817. The number of hydrazine groups is 1. The third-order valence-electron chi connectivity index (χ3n) is 2.47. The van der Waals surface area contributed by atoms with Crippen molar-refractivity contribution in [1.82, 2.24) is 10.9 Å². The highest BCUT2D eigenvalue weighted by atomic mass is 16.5. The van der Waals surface area contributed by atoms with E-state index in [2.05, 4.69) is 10.9 Å². The van der Waals surface area contributed by atoms with Gasteiger partial charge in [-0.05, 0) is 22.9 Å². The Morgan fingerprint density at radius 2 is 1.79 bits per heavy atom. The minimum atomic E-state index is -0.414. The van der Waals surface area contributed by atoms with E-state index in [-0.39, 0.29) is 12.5 Å². The molecule has 5 nitrogen and oxygen atoms in total. The molecule has 2 aromatic rings. The van der Waals surface area contributed by atoms with E-state index in [1.807, 2.05) is 36.4 Å². The van der Waals surface area contributed by atoms with Gasteiger partial charge in [0.05, 0.1) is 0 Å². The summed E-state index contributed by atoms with van der Waals surface area (Å²) in [5.41, 5.74) is 4.42. The first-order valence-electron chi connectivity index (χ1n) is 5.82. The second-order valence-electron chi connectivity index (χ2n) is 4.03. The highest BCUT2D eigenvalue weighted by Crippen LogP contribution is 2.20. The van der Waals surface area contributed by atoms with Crippen molar-refractivity contribution in [2.45, 2.75) is 6.92 Å². The van der Waals surface area contributed by atoms with Gasteiger partial charge in [0.1, 0.15) is 5.75 Å². The smallest absolute Gasteiger partial charge is 0.276 e. The highest BCUT2D eigenvalue weighted by Gasteiger charge is 2.03. The number of carbonyl (C=O) groups excluding carboxylic acids is 2. The highest BCUT2D eigenvalue weighted by molar-refractivity contribution is 5.84. The van der Waals surface area contributed by atoms with E-state index in [1.54, 1.807) is 6.07 Å². The molecule has 5 heteroatoms. The lowest BCUT2D eigenvalue weighted by Crippen LogP contribution is -2.42. The van der Waals surface area contributed by atoms with Gasteiger partial charge in [-0.2, -0.15) is 0 Å². The van der Waals surface area contributed by atoms with Gasteiger partial charge in [0.2, 0.25) is 5.91 Å². The van der Waals surface area contributed by atoms with E-state index in [0.29, 0.717) is 5.75 Å². The van der Waals surface area contributed by atoms with Gasteiger partial charge in [-0.3, -0.25) is 20.4 Å². The summed E-state index contributed by atoms with van der Waals surface area (Å²) in [4.78, 5) is 21.9. The largest absolute Gasteiger partial charge is 0.484 e. The number of fused-ring (bicyclic) bond motifs is 1. The molecule has 0 radical (unpaired) electrons. The van der Waals surface area contributed by atoms with E-state index in [1.165, 1.54) is 6.92 Å². The predicted octanol–water partition coefficient (Wildman–Crippen LogP) is 1.39. The van der Waals surface area contributed by atoms with E-state index in [0.717, 1.165) is 10.8 Å². The van der Waals surface area contributed by atoms with Crippen molar-refractivity contribution in [2.75, 3.05) is 6.61 Å². The fraction of sp³-hybridized carbons (Fsp3) is 0.143. The Hall–Kier alpha value is -2.56. The van der Waals surface area contributed by atoms with Gasteiger partial charge in [-0.25, -0.2) is 0 Å². The summed E-state index contributed by atoms with van der Waals surface area (Å²) < 4.78 is 5.34. The van der Waals surface area contributed by atoms with Gasteiger partial charge in [-0.15, -0.1) is 0 Å². The first-order chi connectivity index (χ1) is 9.15. The van der Waals surface area contributed by atoms with Crippen LogP contribution in [0, 0.1) is 0 Å². The Morgan fingerprint density at radius 1 is 1.05 bits per heavy atom. The molecular weight excluding hydrogens is 244 g/mol. The number of nitrogens with one attached hydrogen (secondary N) is 2. The van der Waals surface area contributed by atoms with Crippen LogP contribution in [0.5, 0.6) is 5.75 Å². The number of carbonyl (C=O) groups is 2. The van der Waals surface area contributed by atoms with Crippen molar-refractivity contribution >= 4 is 22.6 Å². The van der Waals surface area contributed by atoms with Crippen LogP contribution in [-0.2, 0) is 9.59 Å². The fourth-order valence-corrected chi connectivity index (χ4v) is 1.60. The van der Waals surface area contributed by atoms with Crippen molar-refractivity contribution < 1.29 is 14.3 Å². The molecule has 0 saturated heterocycles. The monoisotopic (exact) mass is 258 g/mol. The van der Waals surface area contributed by atoms with Crippen molar-refractivity contribution in [2.24, 2.45) is 0 Å². The molecule has 0 heterocycles. The molecule has 0 atom stereocenters. The zero-order chi connectivity index (χ0) is 13.7. The number of benzene rings is 2. The number of hydrogen-bond donors (Lipinski definition) is 2. The Labute approximate surface area is 110 Å². The Balaban J connectivity index is 1.94. The van der Waals surface area contributed by atoms with Crippen LogP contribution in [0.4, 0.5) is 0 Å². The average Bonchev–Trinajstić information content (AvgIpc) is 2.42. The number of ether oxygens (including phenoxy) is 1. The normalized spacial score (nSPS) is 9.95. The van der Waals surface area contributed by atoms with Gasteiger partial charge in [0.25, 0.3) is 5.91 Å². The van der Waals surface area contributed by atoms with E-state index in [9.17, 15) is 9.59 Å². The molecule has 0 aromatic heterocycles. The number of rotatable bonds is 3. The maximum Gasteiger partial charge on any atom is 0.276 e. The van der Waals surface area contributed by atoms with E-state index >= 15 is 0 Å². The molecular formula is C14H14N2O3. The third kappa shape index (κ3) is 3.70. The maximum absolute atomic E-state index is 11.3. The summed E-state index contributed by atoms with van der Waals surface area (Å²) in [5.74, 6) is -0.140. The molecule has 2 rings (SSSR count). The molecule has 0 spiro atoms. The average molecular weight is 258 g/mol. The third-order valence-corrected chi connectivity index (χ3v) is 2.47. The van der Waals surface area contributed by atoms with Crippen molar-refractivity contribution in [3.63, 3.8) is 0 Å². The van der Waals surface area contributed by atoms with Crippen LogP contribution in [0.15, 0.2) is 42.5 Å². The van der Waals surface area contributed by atoms with Crippen LogP contribution in [0.1, 0.15) is 6.92 Å². The second kappa shape index (κ2) is 5.86.